The largest absolute Gasteiger partial charge is 0.410 e. The quantitative estimate of drug-likeness (QED) is 0.498. The molecule has 0 aromatic carbocycles. The van der Waals surface area contributed by atoms with Crippen molar-refractivity contribution in [3.8, 4) is 0 Å². The van der Waals surface area contributed by atoms with Gasteiger partial charge in [-0.3, -0.25) is 0 Å². The van der Waals surface area contributed by atoms with Gasteiger partial charge in [-0.15, -0.1) is 6.58 Å². The van der Waals surface area contributed by atoms with Crippen molar-refractivity contribution in [2.75, 3.05) is 0 Å². The van der Waals surface area contributed by atoms with E-state index in [4.69, 9.17) is 4.43 Å². The number of rotatable bonds is 4. The Morgan fingerprint density at radius 3 is 2.12 bits per heavy atom. The van der Waals surface area contributed by atoms with Crippen LogP contribution in [-0.2, 0) is 4.43 Å². The summed E-state index contributed by atoms with van der Waals surface area (Å²) in [5.74, 6) is 0.718. The van der Waals surface area contributed by atoms with E-state index in [1.807, 2.05) is 0 Å². The van der Waals surface area contributed by atoms with Crippen LogP contribution in [0.15, 0.2) is 12.7 Å². The van der Waals surface area contributed by atoms with Gasteiger partial charge < -0.3 is 4.43 Å². The fourth-order valence-electron chi connectivity index (χ4n) is 2.32. The summed E-state index contributed by atoms with van der Waals surface area (Å²) in [7, 11) is -1.64. The molecule has 0 spiro atoms. The Bertz CT molecular complexity index is 246. The first-order valence-corrected chi connectivity index (χ1v) is 9.99. The van der Waals surface area contributed by atoms with Crippen molar-refractivity contribution >= 4 is 8.32 Å². The van der Waals surface area contributed by atoms with Crippen molar-refractivity contribution in [2.24, 2.45) is 5.92 Å². The van der Waals surface area contributed by atoms with Gasteiger partial charge in [0.15, 0.2) is 8.32 Å². The topological polar surface area (TPSA) is 9.23 Å². The van der Waals surface area contributed by atoms with Crippen molar-refractivity contribution < 1.29 is 4.43 Å². The SMILES string of the molecule is C=CC(O[Si](C)(C)C(C)(C)C)C1CCCCC1. The van der Waals surface area contributed by atoms with Gasteiger partial charge in [0.05, 0.1) is 6.10 Å². The van der Waals surface area contributed by atoms with E-state index >= 15 is 0 Å². The standard InChI is InChI=1S/C15H30OSi/c1-7-14(13-11-9-8-10-12-13)16-17(5,6)15(2,3)4/h7,13-14H,1,8-12H2,2-6H3. The van der Waals surface area contributed by atoms with Gasteiger partial charge in [0.1, 0.15) is 0 Å². The monoisotopic (exact) mass is 254 g/mol. The van der Waals surface area contributed by atoms with Gasteiger partial charge in [0, 0.05) is 0 Å². The van der Waals surface area contributed by atoms with Crippen LogP contribution >= 0.6 is 0 Å². The van der Waals surface area contributed by atoms with Crippen molar-refractivity contribution in [2.45, 2.75) is 77.1 Å². The highest BCUT2D eigenvalue weighted by molar-refractivity contribution is 6.74. The molecule has 2 heteroatoms. The first-order valence-electron chi connectivity index (χ1n) is 7.08. The molecule has 0 aromatic rings. The number of hydrogen-bond donors (Lipinski definition) is 0. The van der Waals surface area contributed by atoms with Crippen LogP contribution in [0.5, 0.6) is 0 Å². The van der Waals surface area contributed by atoms with Crippen molar-refractivity contribution in [3.63, 3.8) is 0 Å². The van der Waals surface area contributed by atoms with E-state index in [2.05, 4.69) is 46.5 Å². The first kappa shape index (κ1) is 15.0. The third kappa shape index (κ3) is 3.96. The third-order valence-corrected chi connectivity index (χ3v) is 9.06. The minimum Gasteiger partial charge on any atom is -0.410 e. The molecule has 0 bridgehead atoms. The zero-order chi connectivity index (χ0) is 13.1. The molecular weight excluding hydrogens is 224 g/mol. The Balaban J connectivity index is 2.65. The van der Waals surface area contributed by atoms with E-state index < -0.39 is 8.32 Å². The summed E-state index contributed by atoms with van der Waals surface area (Å²) >= 11 is 0. The molecule has 0 aliphatic heterocycles. The van der Waals surface area contributed by atoms with Gasteiger partial charge in [0.25, 0.3) is 0 Å². The molecule has 1 saturated carbocycles. The van der Waals surface area contributed by atoms with E-state index in [0.29, 0.717) is 5.04 Å². The van der Waals surface area contributed by atoms with Gasteiger partial charge in [0.2, 0.25) is 0 Å². The summed E-state index contributed by atoms with van der Waals surface area (Å²) in [5, 5.41) is 0.295. The summed E-state index contributed by atoms with van der Waals surface area (Å²) < 4.78 is 6.51. The molecule has 0 N–H and O–H groups in total. The molecule has 0 saturated heterocycles. The normalized spacial score (nSPS) is 21.2. The smallest absolute Gasteiger partial charge is 0.192 e. The predicted molar refractivity (Wildman–Crippen MR) is 78.8 cm³/mol. The number of hydrogen-bond acceptors (Lipinski definition) is 1. The maximum Gasteiger partial charge on any atom is 0.192 e. The summed E-state index contributed by atoms with van der Waals surface area (Å²) in [6.45, 7) is 15.6. The summed E-state index contributed by atoms with van der Waals surface area (Å²) in [4.78, 5) is 0. The lowest BCUT2D eigenvalue weighted by atomic mass is 9.85. The molecule has 0 aromatic heterocycles. The molecule has 1 atom stereocenters. The molecule has 1 unspecified atom stereocenters. The summed E-state index contributed by atoms with van der Waals surface area (Å²) in [6.07, 6.45) is 9.13. The fourth-order valence-corrected chi connectivity index (χ4v) is 3.64. The van der Waals surface area contributed by atoms with Crippen molar-refractivity contribution in [1.29, 1.82) is 0 Å². The highest BCUT2D eigenvalue weighted by Gasteiger charge is 2.40. The van der Waals surface area contributed by atoms with E-state index in [9.17, 15) is 0 Å². The van der Waals surface area contributed by atoms with Crippen LogP contribution in [0.1, 0.15) is 52.9 Å². The molecule has 1 aliphatic rings. The Morgan fingerprint density at radius 2 is 1.71 bits per heavy atom. The van der Waals surface area contributed by atoms with Gasteiger partial charge in [-0.05, 0) is 36.9 Å². The van der Waals surface area contributed by atoms with E-state index in [1.54, 1.807) is 0 Å². The second kappa shape index (κ2) is 5.70. The molecule has 1 fully saturated rings. The molecule has 1 aliphatic carbocycles. The Kier molecular flexibility index (Phi) is 5.03. The van der Waals surface area contributed by atoms with E-state index in [0.717, 1.165) is 5.92 Å². The zero-order valence-electron chi connectivity index (χ0n) is 12.4. The molecule has 0 radical (unpaired) electrons. The highest BCUT2D eigenvalue weighted by Crippen LogP contribution is 2.39. The van der Waals surface area contributed by atoms with Gasteiger partial charge in [-0.25, -0.2) is 0 Å². The second-order valence-corrected chi connectivity index (χ2v) is 11.7. The lowest BCUT2D eigenvalue weighted by Crippen LogP contribution is -2.45. The van der Waals surface area contributed by atoms with Crippen LogP contribution in [0.2, 0.25) is 18.1 Å². The van der Waals surface area contributed by atoms with Crippen molar-refractivity contribution in [3.05, 3.63) is 12.7 Å². The predicted octanol–water partition coefficient (Wildman–Crippen LogP) is 5.14. The van der Waals surface area contributed by atoms with Crippen LogP contribution in [0.4, 0.5) is 0 Å². The highest BCUT2D eigenvalue weighted by atomic mass is 28.4. The lowest BCUT2D eigenvalue weighted by molar-refractivity contribution is 0.132. The minimum absolute atomic E-state index is 0.288. The lowest BCUT2D eigenvalue weighted by Gasteiger charge is -2.41. The maximum atomic E-state index is 6.51. The van der Waals surface area contributed by atoms with Crippen LogP contribution in [-0.4, -0.2) is 14.4 Å². The van der Waals surface area contributed by atoms with Crippen LogP contribution in [0, 0.1) is 5.92 Å². The van der Waals surface area contributed by atoms with E-state index in [1.165, 1.54) is 32.1 Å². The molecular formula is C15H30OSi. The summed E-state index contributed by atoms with van der Waals surface area (Å²) in [5.41, 5.74) is 0. The van der Waals surface area contributed by atoms with Gasteiger partial charge >= 0.3 is 0 Å². The molecule has 1 nitrogen and oxygen atoms in total. The molecule has 100 valence electrons. The van der Waals surface area contributed by atoms with Gasteiger partial charge in [-0.1, -0.05) is 46.1 Å². The average molecular weight is 254 g/mol. The fraction of sp³-hybridized carbons (Fsp3) is 0.867. The minimum atomic E-state index is -1.64. The van der Waals surface area contributed by atoms with Crippen LogP contribution < -0.4 is 0 Å². The average Bonchev–Trinajstić information content (AvgIpc) is 2.25. The Morgan fingerprint density at radius 1 is 1.18 bits per heavy atom. The van der Waals surface area contributed by atoms with Crippen molar-refractivity contribution in [1.82, 2.24) is 0 Å². The second-order valence-electron chi connectivity index (χ2n) is 6.98. The van der Waals surface area contributed by atoms with E-state index in [-0.39, 0.29) is 6.10 Å². The zero-order valence-corrected chi connectivity index (χ0v) is 13.4. The molecule has 0 amide bonds. The van der Waals surface area contributed by atoms with Crippen LogP contribution in [0.25, 0.3) is 0 Å². The molecule has 17 heavy (non-hydrogen) atoms. The first-order chi connectivity index (χ1) is 7.78. The summed E-state index contributed by atoms with van der Waals surface area (Å²) in [6, 6.07) is 0. The Labute approximate surface area is 109 Å². The third-order valence-electron chi connectivity index (χ3n) is 4.58. The Hall–Kier alpha value is -0.0831. The molecule has 0 heterocycles. The van der Waals surface area contributed by atoms with Crippen LogP contribution in [0.3, 0.4) is 0 Å². The maximum absolute atomic E-state index is 6.51. The van der Waals surface area contributed by atoms with Gasteiger partial charge in [-0.2, -0.15) is 0 Å². The molecule has 1 rings (SSSR count).